The molecule has 1 unspecified atom stereocenters. The lowest BCUT2D eigenvalue weighted by molar-refractivity contribution is -0.192. The van der Waals surface area contributed by atoms with E-state index in [0.29, 0.717) is 6.61 Å². The number of rotatable bonds is 4. The lowest BCUT2D eigenvalue weighted by atomic mass is 10.4. The van der Waals surface area contributed by atoms with Crippen LogP contribution >= 0.6 is 0 Å². The minimum Gasteiger partial charge on any atom is -0.479 e. The first kappa shape index (κ1) is 17.1. The van der Waals surface area contributed by atoms with Crippen LogP contribution in [0.5, 0.6) is 0 Å². The number of aliphatic hydroxyl groups is 1. The Balaban J connectivity index is 0. The van der Waals surface area contributed by atoms with Gasteiger partial charge in [-0.05, 0) is 6.92 Å². The summed E-state index contributed by atoms with van der Waals surface area (Å²) in [7, 11) is 0. The highest BCUT2D eigenvalue weighted by Gasteiger charge is 2.38. The Labute approximate surface area is 88.3 Å². The van der Waals surface area contributed by atoms with E-state index in [1.807, 2.05) is 0 Å². The third-order valence-electron chi connectivity index (χ3n) is 1.05. The molecule has 9 heteroatoms. The second kappa shape index (κ2) is 7.88. The lowest BCUT2D eigenvalue weighted by Crippen LogP contribution is -2.27. The number of aliphatic hydroxyl groups excluding tert-OH is 1. The number of alkyl halides is 3. The zero-order chi connectivity index (χ0) is 13.4. The van der Waals surface area contributed by atoms with E-state index in [2.05, 4.69) is 4.74 Å². The van der Waals surface area contributed by atoms with Crippen molar-refractivity contribution in [2.75, 3.05) is 13.2 Å². The molecule has 0 bridgehead atoms. The number of carbonyl (C=O) groups is 2. The molecule has 0 saturated carbocycles. The maximum atomic E-state index is 10.6. The largest absolute Gasteiger partial charge is 0.490 e. The summed E-state index contributed by atoms with van der Waals surface area (Å²) in [5.41, 5.74) is 0. The van der Waals surface area contributed by atoms with Gasteiger partial charge in [-0.25, -0.2) is 9.59 Å². The summed E-state index contributed by atoms with van der Waals surface area (Å²) < 4.78 is 36.3. The van der Waals surface area contributed by atoms with Crippen LogP contribution in [0.15, 0.2) is 0 Å². The molecule has 0 radical (unpaired) electrons. The summed E-state index contributed by atoms with van der Waals surface area (Å²) >= 11 is 0. The Morgan fingerprint density at radius 3 is 1.75 bits per heavy atom. The molecule has 0 fully saturated rings. The highest BCUT2D eigenvalue weighted by atomic mass is 19.4. The van der Waals surface area contributed by atoms with Gasteiger partial charge in [-0.15, -0.1) is 0 Å². The fourth-order valence-corrected chi connectivity index (χ4v) is 0.403. The third-order valence-corrected chi connectivity index (χ3v) is 1.05. The molecule has 0 aliphatic heterocycles. The van der Waals surface area contributed by atoms with Crippen LogP contribution in [-0.2, 0) is 14.3 Å². The molecule has 0 saturated heterocycles. The minimum absolute atomic E-state index is 0.303. The number of hydrogen-bond acceptors (Lipinski definition) is 4. The van der Waals surface area contributed by atoms with Crippen molar-refractivity contribution >= 4 is 11.9 Å². The lowest BCUT2D eigenvalue weighted by Gasteiger charge is -2.06. The summed E-state index contributed by atoms with van der Waals surface area (Å²) in [4.78, 5) is 18.9. The molecule has 0 aromatic heterocycles. The topological polar surface area (TPSA) is 104 Å². The number of carboxylic acid groups (broad SMARTS) is 2. The van der Waals surface area contributed by atoms with E-state index in [1.54, 1.807) is 6.92 Å². The molecule has 0 aliphatic carbocycles. The molecule has 6 nitrogen and oxygen atoms in total. The Morgan fingerprint density at radius 1 is 1.31 bits per heavy atom. The summed E-state index contributed by atoms with van der Waals surface area (Å²) in [6.07, 6.45) is -6.14. The van der Waals surface area contributed by atoms with E-state index in [0.717, 1.165) is 0 Å². The van der Waals surface area contributed by atoms with E-state index < -0.39 is 30.8 Å². The van der Waals surface area contributed by atoms with Crippen molar-refractivity contribution in [3.63, 3.8) is 0 Å². The molecule has 0 amide bonds. The fraction of sp³-hybridized carbons (Fsp3) is 0.714. The molecule has 1 atom stereocenters. The van der Waals surface area contributed by atoms with Crippen molar-refractivity contribution in [2.24, 2.45) is 0 Å². The maximum Gasteiger partial charge on any atom is 0.490 e. The van der Waals surface area contributed by atoms with Crippen LogP contribution in [0, 0.1) is 0 Å². The Bertz CT molecular complexity index is 227. The average Bonchev–Trinajstić information content (AvgIpc) is 2.13. The van der Waals surface area contributed by atoms with Gasteiger partial charge in [0.2, 0.25) is 0 Å². The molecule has 16 heavy (non-hydrogen) atoms. The van der Waals surface area contributed by atoms with E-state index in [9.17, 15) is 18.0 Å². The number of carboxylic acids is 2. The highest BCUT2D eigenvalue weighted by Crippen LogP contribution is 2.13. The van der Waals surface area contributed by atoms with Crippen LogP contribution in [0.1, 0.15) is 6.92 Å². The van der Waals surface area contributed by atoms with E-state index in [4.69, 9.17) is 20.1 Å². The predicted octanol–water partition coefficient (Wildman–Crippen LogP) is 0.102. The van der Waals surface area contributed by atoms with Crippen molar-refractivity contribution in [3.8, 4) is 0 Å². The van der Waals surface area contributed by atoms with Gasteiger partial charge >= 0.3 is 18.1 Å². The van der Waals surface area contributed by atoms with Crippen LogP contribution in [-0.4, -0.2) is 52.8 Å². The number of ether oxygens (including phenoxy) is 1. The van der Waals surface area contributed by atoms with Crippen molar-refractivity contribution < 1.29 is 42.8 Å². The van der Waals surface area contributed by atoms with Gasteiger partial charge in [0.1, 0.15) is 0 Å². The van der Waals surface area contributed by atoms with Gasteiger partial charge in [-0.1, -0.05) is 0 Å². The normalized spacial score (nSPS) is 12.3. The van der Waals surface area contributed by atoms with Crippen molar-refractivity contribution in [1.82, 2.24) is 0 Å². The van der Waals surface area contributed by atoms with Gasteiger partial charge < -0.3 is 20.1 Å². The Morgan fingerprint density at radius 2 is 1.69 bits per heavy atom. The molecule has 0 rings (SSSR count). The fourth-order valence-electron chi connectivity index (χ4n) is 0.403. The third kappa shape index (κ3) is 9.21. The van der Waals surface area contributed by atoms with Crippen LogP contribution in [0.25, 0.3) is 0 Å². The zero-order valence-electron chi connectivity index (χ0n) is 8.19. The van der Waals surface area contributed by atoms with Gasteiger partial charge in [0.05, 0.1) is 6.61 Å². The van der Waals surface area contributed by atoms with Crippen LogP contribution < -0.4 is 0 Å². The second-order valence-electron chi connectivity index (χ2n) is 2.27. The highest BCUT2D eigenvalue weighted by molar-refractivity contribution is 5.73. The molecule has 0 spiro atoms. The van der Waals surface area contributed by atoms with Crippen molar-refractivity contribution in [3.05, 3.63) is 0 Å². The number of hydrogen-bond donors (Lipinski definition) is 3. The second-order valence-corrected chi connectivity index (χ2v) is 2.27. The number of halogens is 3. The summed E-state index contributed by atoms with van der Waals surface area (Å²) in [6.45, 7) is 1.51. The van der Waals surface area contributed by atoms with E-state index in [1.165, 1.54) is 0 Å². The minimum atomic E-state index is -5.08. The smallest absolute Gasteiger partial charge is 0.479 e. The number of aliphatic carboxylic acids is 2. The van der Waals surface area contributed by atoms with Crippen LogP contribution in [0.4, 0.5) is 13.2 Å². The summed E-state index contributed by atoms with van der Waals surface area (Å²) in [6, 6.07) is 0. The molecular formula is C7H11F3O6. The quantitative estimate of drug-likeness (QED) is 0.651. The summed E-state index contributed by atoms with van der Waals surface area (Å²) in [5.74, 6) is -3.88. The first-order chi connectivity index (χ1) is 7.16. The van der Waals surface area contributed by atoms with Gasteiger partial charge in [0.15, 0.2) is 6.10 Å². The first-order valence-corrected chi connectivity index (χ1v) is 3.92. The standard InChI is InChI=1S/C5H10O4.C2HF3O2/c1-2-9-4(3-6)5(7)8;3-2(4,5)1(6)7/h4,6H,2-3H2,1H3,(H,7,8);(H,6,7). The van der Waals surface area contributed by atoms with Crippen molar-refractivity contribution in [2.45, 2.75) is 19.2 Å². The van der Waals surface area contributed by atoms with Crippen LogP contribution in [0.3, 0.4) is 0 Å². The first-order valence-electron chi connectivity index (χ1n) is 3.92. The molecule has 0 aliphatic rings. The van der Waals surface area contributed by atoms with Crippen LogP contribution in [0.2, 0.25) is 0 Å². The molecule has 3 N–H and O–H groups in total. The van der Waals surface area contributed by atoms with E-state index in [-0.39, 0.29) is 0 Å². The molecule has 0 aromatic carbocycles. The molecule has 0 aromatic rings. The van der Waals surface area contributed by atoms with Gasteiger partial charge in [0.25, 0.3) is 0 Å². The van der Waals surface area contributed by atoms with Gasteiger partial charge in [0, 0.05) is 6.61 Å². The Kier molecular flexibility index (Phi) is 8.40. The van der Waals surface area contributed by atoms with E-state index >= 15 is 0 Å². The van der Waals surface area contributed by atoms with Gasteiger partial charge in [-0.3, -0.25) is 0 Å². The van der Waals surface area contributed by atoms with Crippen molar-refractivity contribution in [1.29, 1.82) is 0 Å². The zero-order valence-corrected chi connectivity index (χ0v) is 8.19. The maximum absolute atomic E-state index is 10.6. The van der Waals surface area contributed by atoms with Gasteiger partial charge in [-0.2, -0.15) is 13.2 Å². The SMILES string of the molecule is CCOC(CO)C(=O)O.O=C(O)C(F)(F)F. The predicted molar refractivity (Wildman–Crippen MR) is 43.8 cm³/mol. The molecular weight excluding hydrogens is 237 g/mol. The molecule has 0 heterocycles. The summed E-state index contributed by atoms with van der Waals surface area (Å²) in [5, 5.41) is 23.7. The molecule has 96 valence electrons. The Hall–Kier alpha value is -1.35. The average molecular weight is 248 g/mol. The monoisotopic (exact) mass is 248 g/mol.